The van der Waals surface area contributed by atoms with E-state index in [1.54, 1.807) is 24.4 Å². The minimum atomic E-state index is -4.60. The maximum absolute atomic E-state index is 14.0. The first-order valence-electron chi connectivity index (χ1n) is 22.8. The molecule has 0 radical (unpaired) electrons. The quantitative estimate of drug-likeness (QED) is 0.0674. The Kier molecular flexibility index (Phi) is 13.4. The van der Waals surface area contributed by atoms with Crippen LogP contribution < -0.4 is 19.7 Å². The fourth-order valence-electron chi connectivity index (χ4n) is 9.08. The van der Waals surface area contributed by atoms with E-state index in [4.69, 9.17) is 16.3 Å². The lowest BCUT2D eigenvalue weighted by molar-refractivity contribution is -0.384. The van der Waals surface area contributed by atoms with Crippen molar-refractivity contribution >= 4 is 70.9 Å². The predicted octanol–water partition coefficient (Wildman–Crippen LogP) is 8.18. The van der Waals surface area contributed by atoms with Crippen LogP contribution in [0.25, 0.3) is 16.6 Å². The van der Waals surface area contributed by atoms with E-state index in [0.717, 1.165) is 73.9 Å². The number of benzene rings is 3. The number of nitro benzene ring substituents is 1. The molecule has 67 heavy (non-hydrogen) atoms. The Morgan fingerprint density at radius 2 is 1.76 bits per heavy atom. The van der Waals surface area contributed by atoms with Gasteiger partial charge in [-0.15, -0.1) is 0 Å². The predicted molar refractivity (Wildman–Crippen MR) is 263 cm³/mol. The number of aromatic nitrogens is 2. The molecule has 19 heteroatoms. The second-order valence-electron chi connectivity index (χ2n) is 18.7. The van der Waals surface area contributed by atoms with E-state index in [1.807, 2.05) is 18.2 Å². The number of nitro groups is 1. The zero-order valence-corrected chi connectivity index (χ0v) is 40.1. The molecule has 2 aromatic heterocycles. The lowest BCUT2D eigenvalue weighted by Crippen LogP contribution is -2.47. The summed E-state index contributed by atoms with van der Waals surface area (Å²) in [5, 5.41) is 16.8. The van der Waals surface area contributed by atoms with Crippen LogP contribution >= 0.6 is 11.6 Å². The van der Waals surface area contributed by atoms with E-state index in [9.17, 15) is 27.5 Å². The third-order valence-electron chi connectivity index (χ3n) is 13.1. The highest BCUT2D eigenvalue weighted by atomic mass is 35.5. The molecule has 0 unspecified atom stereocenters. The number of hydrogen-bond donors (Lipinski definition) is 3. The van der Waals surface area contributed by atoms with Gasteiger partial charge in [0, 0.05) is 115 Å². The van der Waals surface area contributed by atoms with Gasteiger partial charge in [0.05, 0.1) is 27.6 Å². The van der Waals surface area contributed by atoms with Crippen molar-refractivity contribution in [1.29, 1.82) is 0 Å². The molecule has 2 aliphatic heterocycles. The molecular weight excluding hydrogens is 914 g/mol. The minimum absolute atomic E-state index is 0.0513. The third kappa shape index (κ3) is 11.3. The summed E-state index contributed by atoms with van der Waals surface area (Å²) in [5.41, 5.74) is 5.39. The van der Waals surface area contributed by atoms with E-state index in [-0.39, 0.29) is 28.5 Å². The number of hydrogen-bond acceptors (Lipinski definition) is 13. The lowest BCUT2D eigenvalue weighted by Gasteiger charge is -2.39. The molecule has 3 fully saturated rings. The van der Waals surface area contributed by atoms with Gasteiger partial charge >= 0.3 is 0 Å². The van der Waals surface area contributed by atoms with Crippen LogP contribution in [0.2, 0.25) is 5.02 Å². The highest BCUT2D eigenvalue weighted by Gasteiger charge is 2.31. The molecule has 1 saturated carbocycles. The van der Waals surface area contributed by atoms with Crippen LogP contribution in [-0.2, 0) is 19.8 Å². The Labute approximate surface area is 396 Å². The number of rotatable bonds is 15. The third-order valence-corrected chi connectivity index (χ3v) is 17.0. The topological polar surface area (TPSA) is 195 Å². The average Bonchev–Trinajstić information content (AvgIpc) is 3.99. The summed E-state index contributed by atoms with van der Waals surface area (Å²) in [4.78, 5) is 39.4. The Balaban J connectivity index is 0.888. The second kappa shape index (κ2) is 19.2. The van der Waals surface area contributed by atoms with Gasteiger partial charge < -0.3 is 19.9 Å². The Morgan fingerprint density at radius 3 is 2.49 bits per heavy atom. The Morgan fingerprint density at radius 1 is 1.00 bits per heavy atom. The van der Waals surface area contributed by atoms with E-state index in [1.165, 1.54) is 41.1 Å². The van der Waals surface area contributed by atoms with Crippen molar-refractivity contribution in [2.75, 3.05) is 80.6 Å². The van der Waals surface area contributed by atoms with Crippen molar-refractivity contribution in [3.8, 4) is 11.5 Å². The first kappa shape index (κ1) is 46.6. The molecule has 0 spiro atoms. The van der Waals surface area contributed by atoms with Crippen molar-refractivity contribution in [1.82, 2.24) is 24.5 Å². The summed E-state index contributed by atoms with van der Waals surface area (Å²) in [6.07, 6.45) is 8.47. The minimum Gasteiger partial charge on any atom is -0.455 e. The molecule has 354 valence electrons. The largest absolute Gasteiger partial charge is 0.455 e. The molecule has 2 saturated heterocycles. The van der Waals surface area contributed by atoms with Gasteiger partial charge in [0.25, 0.3) is 21.6 Å². The molecule has 1 amide bonds. The summed E-state index contributed by atoms with van der Waals surface area (Å²) >= 11 is 6.25. The van der Waals surface area contributed by atoms with Crippen molar-refractivity contribution < 1.29 is 27.1 Å². The average molecular weight is 971 g/mol. The summed E-state index contributed by atoms with van der Waals surface area (Å²) in [6.45, 7) is 10.7. The molecule has 2 aliphatic carbocycles. The van der Waals surface area contributed by atoms with Gasteiger partial charge in [-0.25, -0.2) is 26.7 Å². The van der Waals surface area contributed by atoms with Crippen LogP contribution in [0.1, 0.15) is 61.9 Å². The number of sulfonamides is 1. The van der Waals surface area contributed by atoms with Crippen molar-refractivity contribution in [2.24, 2.45) is 9.78 Å². The smallest absolute Gasteiger partial charge is 0.293 e. The molecule has 4 aliphatic rings. The SMILES string of the molecule is CC1(C)CCC(CN2CCN(c3ccc(C(=O)NS(=O)(=O)c4ccc(NCCN5CCS(=O)(=NC6CC6)CC5)c([N+](=O)[O-])c4)c(Oc4cnc5[nH]ccc5c4)c3)CC2)=C(c2ccc(Cl)cc2)C1. The Hall–Kier alpha value is -5.53. The van der Waals surface area contributed by atoms with Crippen LogP contribution in [0.4, 0.5) is 17.1 Å². The summed E-state index contributed by atoms with van der Waals surface area (Å²) in [6, 6.07) is 20.6. The Bertz CT molecular complexity index is 2940. The molecule has 0 bridgehead atoms. The highest BCUT2D eigenvalue weighted by molar-refractivity contribution is 7.93. The van der Waals surface area contributed by atoms with Gasteiger partial charge in [-0.1, -0.05) is 43.2 Å². The number of piperazine rings is 1. The number of H-pyrrole nitrogens is 1. The van der Waals surface area contributed by atoms with Crippen molar-refractivity contribution in [2.45, 2.75) is 56.9 Å². The summed E-state index contributed by atoms with van der Waals surface area (Å²) in [7, 11) is -6.77. The van der Waals surface area contributed by atoms with Gasteiger partial charge in [0.1, 0.15) is 22.8 Å². The normalized spacial score (nSPS) is 19.0. The van der Waals surface area contributed by atoms with Gasteiger partial charge in [-0.05, 0) is 97.2 Å². The number of nitrogens with zero attached hydrogens (tertiary/aromatic N) is 6. The zero-order valence-electron chi connectivity index (χ0n) is 37.7. The van der Waals surface area contributed by atoms with Crippen LogP contribution in [0.15, 0.2) is 100 Å². The molecule has 16 nitrogen and oxygen atoms in total. The number of ether oxygens (including phenoxy) is 1. The van der Waals surface area contributed by atoms with Gasteiger partial charge in [0.2, 0.25) is 0 Å². The number of amides is 1. The van der Waals surface area contributed by atoms with Gasteiger partial charge in [-0.3, -0.25) is 24.7 Å². The second-order valence-corrected chi connectivity index (χ2v) is 23.4. The molecule has 0 atom stereocenters. The number of carbonyl (C=O) groups is 1. The maximum Gasteiger partial charge on any atom is 0.293 e. The number of anilines is 2. The molecule has 4 heterocycles. The number of nitrogens with one attached hydrogen (secondary N) is 3. The fourth-order valence-corrected chi connectivity index (χ4v) is 12.4. The number of pyridine rings is 1. The van der Waals surface area contributed by atoms with Crippen LogP contribution in [-0.4, -0.2) is 120 Å². The van der Waals surface area contributed by atoms with Crippen LogP contribution in [0.5, 0.6) is 11.5 Å². The maximum atomic E-state index is 14.0. The van der Waals surface area contributed by atoms with Crippen LogP contribution in [0.3, 0.4) is 0 Å². The van der Waals surface area contributed by atoms with E-state index >= 15 is 0 Å². The van der Waals surface area contributed by atoms with Gasteiger partial charge in [0.15, 0.2) is 0 Å². The fraction of sp³-hybridized carbons (Fsp3) is 0.417. The van der Waals surface area contributed by atoms with E-state index in [2.05, 4.69) is 65.0 Å². The number of halogens is 1. The monoisotopic (exact) mass is 969 g/mol. The standard InChI is InChI=1S/C48H56ClN9O7S2/c1-48(2)15-13-35(42(30-48)33-3-5-36(49)6-4-33)32-56-19-21-57(22-20-56)38-9-11-41(45(28-38)65-39-27-34-14-16-51-46(34)52-31-39)47(59)54-67(63,64)40-10-12-43(44(29-40)58(60)61)50-17-18-55-23-25-66(62,26-24-55)53-37-7-8-37/h3-6,9-12,14,16,27-29,31,37,50H,7-8,13,15,17-26,30,32H2,1-2H3,(H,51,52)(H,54,59). The summed E-state index contributed by atoms with van der Waals surface area (Å²) < 4.78 is 53.6. The first-order valence-corrected chi connectivity index (χ1v) is 26.5. The number of allylic oxidation sites excluding steroid dienone is 1. The molecule has 3 aromatic carbocycles. The number of fused-ring (bicyclic) bond motifs is 1. The van der Waals surface area contributed by atoms with Crippen LogP contribution in [0, 0.1) is 15.5 Å². The molecular formula is C48H56ClN9O7S2. The molecule has 9 rings (SSSR count). The first-order chi connectivity index (χ1) is 32.1. The molecule has 3 N–H and O–H groups in total. The molecule has 5 aromatic rings. The van der Waals surface area contributed by atoms with Crippen molar-refractivity contribution in [3.05, 3.63) is 117 Å². The zero-order chi connectivity index (χ0) is 46.9. The number of carbonyl (C=O) groups excluding carboxylic acids is 1. The lowest BCUT2D eigenvalue weighted by atomic mass is 9.72. The van der Waals surface area contributed by atoms with E-state index < -0.39 is 41.2 Å². The highest BCUT2D eigenvalue weighted by Crippen LogP contribution is 2.43. The van der Waals surface area contributed by atoms with E-state index in [0.29, 0.717) is 62.2 Å². The number of aromatic amines is 1. The van der Waals surface area contributed by atoms with Crippen molar-refractivity contribution in [3.63, 3.8) is 0 Å². The van der Waals surface area contributed by atoms with Gasteiger partial charge in [-0.2, -0.15) is 0 Å². The summed E-state index contributed by atoms with van der Waals surface area (Å²) in [5.74, 6) is 0.495.